The molecule has 0 unspecified atom stereocenters. The number of rotatable bonds is 13. The number of carbonyl (C=O) groups excluding carboxylic acids is 4. The molecule has 0 radical (unpaired) electrons. The molecule has 12 heteroatoms. The van der Waals surface area contributed by atoms with Gasteiger partial charge in [-0.3, -0.25) is 28.5 Å². The molecule has 4 aromatic carbocycles. The van der Waals surface area contributed by atoms with Gasteiger partial charge in [-0.1, -0.05) is 84.9 Å². The highest BCUT2D eigenvalue weighted by Crippen LogP contribution is 2.44. The number of nitrogens with one attached hydrogen (secondary N) is 3. The van der Waals surface area contributed by atoms with Crippen LogP contribution in [0.5, 0.6) is 0 Å². The Kier molecular flexibility index (Phi) is 11.3. The van der Waals surface area contributed by atoms with Crippen LogP contribution in [-0.4, -0.2) is 53.3 Å². The number of anilines is 1. The van der Waals surface area contributed by atoms with Crippen LogP contribution in [0.3, 0.4) is 0 Å². The Balaban J connectivity index is 1.40. The van der Waals surface area contributed by atoms with Crippen LogP contribution in [-0.2, 0) is 33.1 Å². The fourth-order valence-corrected chi connectivity index (χ4v) is 6.52. The topological polar surface area (TPSA) is 168 Å². The van der Waals surface area contributed by atoms with E-state index in [-0.39, 0.29) is 0 Å². The lowest BCUT2D eigenvalue weighted by atomic mass is 10.0. The van der Waals surface area contributed by atoms with Crippen LogP contribution in [0.1, 0.15) is 13.3 Å². The Hall–Kier alpha value is -5.38. The van der Waals surface area contributed by atoms with E-state index in [2.05, 4.69) is 16.0 Å². The molecule has 4 aromatic rings. The Morgan fingerprint density at radius 1 is 0.717 bits per heavy atom. The van der Waals surface area contributed by atoms with Gasteiger partial charge in [0.2, 0.25) is 5.91 Å². The van der Waals surface area contributed by atoms with Crippen molar-refractivity contribution in [3.8, 4) is 11.1 Å². The summed E-state index contributed by atoms with van der Waals surface area (Å²) in [7, 11) is -3.77. The Morgan fingerprint density at radius 3 is 1.80 bits per heavy atom. The fourth-order valence-electron chi connectivity index (χ4n) is 4.49. The summed E-state index contributed by atoms with van der Waals surface area (Å²) in [5.41, 5.74) is 1.87. The molecule has 0 aliphatic carbocycles. The Bertz CT molecular complexity index is 1710. The first kappa shape index (κ1) is 33.5. The molecule has 0 saturated carbocycles. The number of hydrogen-bond donors (Lipinski definition) is 4. The molecule has 4 rings (SSSR count). The summed E-state index contributed by atoms with van der Waals surface area (Å²) >= 11 is 0. The SMILES string of the molecule is C[C@H](NC(=O)C(=O)Nc1ccccc1-c1ccccc1)C(=O)N[C@@H](CC(=O)O)C(=O)COP(=O)(c1ccccc1)c1ccccc1. The molecule has 0 heterocycles. The molecule has 4 N–H and O–H groups in total. The van der Waals surface area contributed by atoms with Crippen LogP contribution in [0.25, 0.3) is 11.1 Å². The van der Waals surface area contributed by atoms with Gasteiger partial charge in [0.25, 0.3) is 7.37 Å². The van der Waals surface area contributed by atoms with Gasteiger partial charge in [-0.2, -0.15) is 0 Å². The van der Waals surface area contributed by atoms with Crippen molar-refractivity contribution in [1.29, 1.82) is 0 Å². The molecule has 0 aromatic heterocycles. The summed E-state index contributed by atoms with van der Waals surface area (Å²) in [6, 6.07) is 29.7. The summed E-state index contributed by atoms with van der Waals surface area (Å²) in [6.07, 6.45) is -0.799. The lowest BCUT2D eigenvalue weighted by Gasteiger charge is -2.22. The Labute approximate surface area is 265 Å². The summed E-state index contributed by atoms with van der Waals surface area (Å²) < 4.78 is 19.8. The summed E-state index contributed by atoms with van der Waals surface area (Å²) in [6.45, 7) is 0.500. The molecule has 2 atom stereocenters. The van der Waals surface area contributed by atoms with Gasteiger partial charge >= 0.3 is 17.8 Å². The van der Waals surface area contributed by atoms with Crippen LogP contribution in [0.4, 0.5) is 5.69 Å². The molecule has 46 heavy (non-hydrogen) atoms. The fraction of sp³-hybridized carbons (Fsp3) is 0.147. The molecular weight excluding hydrogens is 609 g/mol. The summed E-state index contributed by atoms with van der Waals surface area (Å²) in [5, 5.41) is 17.2. The van der Waals surface area contributed by atoms with Crippen LogP contribution in [0.2, 0.25) is 0 Å². The number of carbonyl (C=O) groups is 5. The smallest absolute Gasteiger partial charge is 0.313 e. The quantitative estimate of drug-likeness (QED) is 0.127. The van der Waals surface area contributed by atoms with Gasteiger partial charge in [0.1, 0.15) is 18.7 Å². The van der Waals surface area contributed by atoms with Crippen molar-refractivity contribution in [3.05, 3.63) is 115 Å². The van der Waals surface area contributed by atoms with E-state index in [0.29, 0.717) is 21.9 Å². The van der Waals surface area contributed by atoms with Gasteiger partial charge in [-0.05, 0) is 42.8 Å². The highest BCUT2D eigenvalue weighted by Gasteiger charge is 2.33. The van der Waals surface area contributed by atoms with Crippen LogP contribution in [0, 0.1) is 0 Å². The summed E-state index contributed by atoms with van der Waals surface area (Å²) in [5.74, 6) is -5.31. The van der Waals surface area contributed by atoms with Crippen LogP contribution in [0.15, 0.2) is 115 Å². The first-order chi connectivity index (χ1) is 22.1. The number of amides is 3. The number of hydrogen-bond acceptors (Lipinski definition) is 7. The second kappa shape index (κ2) is 15.6. The van der Waals surface area contributed by atoms with E-state index < -0.39 is 62.0 Å². The zero-order valence-corrected chi connectivity index (χ0v) is 25.7. The van der Waals surface area contributed by atoms with Crippen molar-refractivity contribution >= 4 is 53.1 Å². The average molecular weight is 642 g/mol. The van der Waals surface area contributed by atoms with E-state index in [4.69, 9.17) is 4.52 Å². The monoisotopic (exact) mass is 641 g/mol. The van der Waals surface area contributed by atoms with Crippen LogP contribution < -0.4 is 26.6 Å². The first-order valence-electron chi connectivity index (χ1n) is 14.3. The second-order valence-electron chi connectivity index (χ2n) is 10.2. The molecular formula is C34H32N3O8P. The van der Waals surface area contributed by atoms with E-state index in [0.717, 1.165) is 5.56 Å². The van der Waals surface area contributed by atoms with Gasteiger partial charge in [-0.15, -0.1) is 0 Å². The predicted octanol–water partition coefficient (Wildman–Crippen LogP) is 3.27. The van der Waals surface area contributed by atoms with Crippen molar-refractivity contribution in [2.24, 2.45) is 0 Å². The minimum atomic E-state index is -3.77. The van der Waals surface area contributed by atoms with Gasteiger partial charge in [0.15, 0.2) is 5.78 Å². The molecule has 3 amide bonds. The number of benzene rings is 4. The standard InChI is InChI=1S/C34H32N3O8P/c1-23(35-33(42)34(43)36-28-20-12-11-19-27(28)24-13-5-2-6-14-24)32(41)37-29(21-31(39)40)30(38)22-45-46(44,25-15-7-3-8-16-25)26-17-9-4-10-18-26/h2-20,23,29H,21-22H2,1H3,(H,35,42)(H,36,43)(H,37,41)(H,39,40)/t23-,29-/m0/s1. The maximum absolute atomic E-state index is 14.1. The van der Waals surface area contributed by atoms with Crippen molar-refractivity contribution in [1.82, 2.24) is 10.6 Å². The maximum Gasteiger partial charge on any atom is 0.313 e. The minimum absolute atomic E-state index is 0.328. The zero-order chi connectivity index (χ0) is 33.1. The molecule has 0 saturated heterocycles. The highest BCUT2D eigenvalue weighted by molar-refractivity contribution is 7.74. The number of aliphatic carboxylic acids is 1. The number of carboxylic acid groups (broad SMARTS) is 1. The van der Waals surface area contributed by atoms with Crippen molar-refractivity contribution in [2.75, 3.05) is 11.9 Å². The third-order valence-corrected chi connectivity index (χ3v) is 9.32. The second-order valence-corrected chi connectivity index (χ2v) is 12.6. The maximum atomic E-state index is 14.1. The van der Waals surface area contributed by atoms with Crippen molar-refractivity contribution in [2.45, 2.75) is 25.4 Å². The zero-order valence-electron chi connectivity index (χ0n) is 24.8. The lowest BCUT2D eigenvalue weighted by Crippen LogP contribution is -2.53. The molecule has 0 aliphatic heterocycles. The largest absolute Gasteiger partial charge is 0.481 e. The summed E-state index contributed by atoms with van der Waals surface area (Å²) in [4.78, 5) is 63.0. The number of Topliss-reactive ketones (excluding diaryl/α,β-unsaturated/α-hetero) is 1. The van der Waals surface area contributed by atoms with Gasteiger partial charge < -0.3 is 25.6 Å². The molecule has 0 bridgehead atoms. The van der Waals surface area contributed by atoms with E-state index >= 15 is 0 Å². The molecule has 236 valence electrons. The van der Waals surface area contributed by atoms with E-state index in [1.54, 1.807) is 84.9 Å². The lowest BCUT2D eigenvalue weighted by molar-refractivity contribution is -0.141. The van der Waals surface area contributed by atoms with Gasteiger partial charge in [0.05, 0.1) is 6.42 Å². The number of carboxylic acids is 1. The molecule has 0 spiro atoms. The van der Waals surface area contributed by atoms with E-state index in [1.165, 1.54) is 6.92 Å². The number of para-hydroxylation sites is 1. The van der Waals surface area contributed by atoms with Crippen molar-refractivity contribution < 1.29 is 38.2 Å². The molecule has 11 nitrogen and oxygen atoms in total. The normalized spacial score (nSPS) is 12.3. The predicted molar refractivity (Wildman–Crippen MR) is 173 cm³/mol. The molecule has 0 fully saturated rings. The molecule has 0 aliphatic rings. The number of ketones is 1. The third kappa shape index (κ3) is 8.62. The van der Waals surface area contributed by atoms with Gasteiger partial charge in [0, 0.05) is 21.9 Å². The van der Waals surface area contributed by atoms with E-state index in [1.807, 2.05) is 30.3 Å². The minimum Gasteiger partial charge on any atom is -0.481 e. The van der Waals surface area contributed by atoms with Gasteiger partial charge in [-0.25, -0.2) is 0 Å². The average Bonchev–Trinajstić information content (AvgIpc) is 3.07. The third-order valence-electron chi connectivity index (χ3n) is 6.87. The van der Waals surface area contributed by atoms with Crippen LogP contribution >= 0.6 is 7.37 Å². The first-order valence-corrected chi connectivity index (χ1v) is 15.9. The van der Waals surface area contributed by atoms with Crippen molar-refractivity contribution in [3.63, 3.8) is 0 Å². The Morgan fingerprint density at radius 2 is 1.24 bits per heavy atom. The highest BCUT2D eigenvalue weighted by atomic mass is 31.2. The van der Waals surface area contributed by atoms with E-state index in [9.17, 15) is 33.6 Å².